The minimum absolute atomic E-state index is 0.196. The summed E-state index contributed by atoms with van der Waals surface area (Å²) in [6.07, 6.45) is 1.39. The van der Waals surface area contributed by atoms with E-state index >= 15 is 0 Å². The Morgan fingerprint density at radius 1 is 1.07 bits per heavy atom. The van der Waals surface area contributed by atoms with Crippen molar-refractivity contribution in [2.24, 2.45) is 0 Å². The van der Waals surface area contributed by atoms with Gasteiger partial charge in [-0.1, -0.05) is 42.2 Å². The number of fused-ring (bicyclic) bond motifs is 1. The number of nitrogens with one attached hydrogen (secondary N) is 1. The number of hydrogen-bond acceptors (Lipinski definition) is 5. The van der Waals surface area contributed by atoms with Crippen molar-refractivity contribution in [3.8, 4) is 11.5 Å². The van der Waals surface area contributed by atoms with Gasteiger partial charge in [0.05, 0.1) is 22.0 Å². The molecule has 1 N–H and O–H groups in total. The topological polar surface area (TPSA) is 64.1 Å². The third-order valence-electron chi connectivity index (χ3n) is 5.17. The second-order valence-corrected chi connectivity index (χ2v) is 8.50. The van der Waals surface area contributed by atoms with Crippen LogP contribution in [0.25, 0.3) is 22.4 Å². The highest BCUT2D eigenvalue weighted by Gasteiger charge is 2.20. The van der Waals surface area contributed by atoms with Crippen molar-refractivity contribution < 1.29 is 8.94 Å². The van der Waals surface area contributed by atoms with Gasteiger partial charge in [-0.15, -0.1) is 0 Å². The zero-order chi connectivity index (χ0) is 21.4. The molecular weight excluding hydrogens is 421 g/mol. The van der Waals surface area contributed by atoms with Crippen molar-refractivity contribution in [3.63, 3.8) is 0 Å². The number of rotatable bonds is 6. The third-order valence-corrected chi connectivity index (χ3v) is 5.72. The van der Waals surface area contributed by atoms with E-state index in [9.17, 15) is 0 Å². The average Bonchev–Trinajstić information content (AvgIpc) is 3.29. The van der Waals surface area contributed by atoms with Crippen LogP contribution >= 0.6 is 23.2 Å². The summed E-state index contributed by atoms with van der Waals surface area (Å²) in [6.45, 7) is 6.25. The van der Waals surface area contributed by atoms with E-state index in [2.05, 4.69) is 37.3 Å². The van der Waals surface area contributed by atoms with Crippen LogP contribution in [0.5, 0.6) is 0 Å². The van der Waals surface area contributed by atoms with Gasteiger partial charge in [0, 0.05) is 35.1 Å². The molecule has 0 spiro atoms. The fourth-order valence-corrected chi connectivity index (χ4v) is 4.09. The molecule has 5 nitrogen and oxygen atoms in total. The number of nitrogens with zero attached hydrogens (tertiary/aromatic N) is 2. The van der Waals surface area contributed by atoms with E-state index < -0.39 is 0 Å². The molecule has 0 atom stereocenters. The molecule has 0 radical (unpaired) electrons. The van der Waals surface area contributed by atoms with Gasteiger partial charge in [-0.3, -0.25) is 0 Å². The van der Waals surface area contributed by atoms with Gasteiger partial charge in [-0.2, -0.15) is 0 Å². The lowest BCUT2D eigenvalue weighted by Crippen LogP contribution is -1.98. The highest BCUT2D eigenvalue weighted by atomic mass is 35.5. The number of aromatic nitrogens is 2. The second-order valence-electron chi connectivity index (χ2n) is 7.65. The molecule has 0 bridgehead atoms. The van der Waals surface area contributed by atoms with E-state index in [1.165, 1.54) is 0 Å². The predicted molar refractivity (Wildman–Crippen MR) is 122 cm³/mol. The summed E-state index contributed by atoms with van der Waals surface area (Å²) in [7, 11) is 1.90. The van der Waals surface area contributed by atoms with Crippen LogP contribution in [-0.2, 0) is 12.8 Å². The summed E-state index contributed by atoms with van der Waals surface area (Å²) < 4.78 is 11.6. The van der Waals surface area contributed by atoms with E-state index in [-0.39, 0.29) is 5.92 Å². The Labute approximate surface area is 185 Å². The Kier molecular flexibility index (Phi) is 5.76. The van der Waals surface area contributed by atoms with E-state index in [1.807, 2.05) is 19.2 Å². The van der Waals surface area contributed by atoms with Crippen LogP contribution in [0.2, 0.25) is 10.0 Å². The van der Waals surface area contributed by atoms with E-state index in [0.717, 1.165) is 44.9 Å². The molecule has 0 saturated carbocycles. The van der Waals surface area contributed by atoms with Crippen LogP contribution in [0.4, 0.5) is 5.69 Å². The summed E-state index contributed by atoms with van der Waals surface area (Å²) in [6, 6.07) is 9.40. The van der Waals surface area contributed by atoms with Crippen molar-refractivity contribution >= 4 is 39.9 Å². The van der Waals surface area contributed by atoms with E-state index in [1.54, 1.807) is 12.1 Å². The smallest absolute Gasteiger partial charge is 0.228 e. The molecule has 4 rings (SSSR count). The quantitative estimate of drug-likeness (QED) is 0.345. The summed E-state index contributed by atoms with van der Waals surface area (Å²) in [5.74, 6) is 1.56. The van der Waals surface area contributed by atoms with Crippen LogP contribution in [0, 0.1) is 6.92 Å². The average molecular weight is 444 g/mol. The van der Waals surface area contributed by atoms with Crippen LogP contribution in [-0.4, -0.2) is 17.2 Å². The first-order chi connectivity index (χ1) is 14.4. The highest BCUT2D eigenvalue weighted by molar-refractivity contribution is 6.36. The minimum Gasteiger partial charge on any atom is -0.441 e. The molecule has 2 aromatic carbocycles. The first-order valence-electron chi connectivity index (χ1n) is 9.89. The summed E-state index contributed by atoms with van der Waals surface area (Å²) in [5, 5.41) is 9.59. The molecule has 0 saturated heterocycles. The zero-order valence-corrected chi connectivity index (χ0v) is 18.9. The lowest BCUT2D eigenvalue weighted by molar-refractivity contribution is 0.445. The molecule has 7 heteroatoms. The van der Waals surface area contributed by atoms with Gasteiger partial charge < -0.3 is 14.3 Å². The summed E-state index contributed by atoms with van der Waals surface area (Å²) >= 11 is 12.4. The Hall–Kier alpha value is -2.50. The molecular formula is C23H23Cl2N3O2. The van der Waals surface area contributed by atoms with E-state index in [4.69, 9.17) is 37.1 Å². The predicted octanol–water partition coefficient (Wildman–Crippen LogP) is 7.05. The molecule has 0 aliphatic heterocycles. The van der Waals surface area contributed by atoms with Gasteiger partial charge in [-0.05, 0) is 49.6 Å². The minimum atomic E-state index is 0.196. The molecule has 2 heterocycles. The monoisotopic (exact) mass is 443 g/mol. The number of oxazole rings is 1. The molecule has 0 aliphatic rings. The molecule has 0 fully saturated rings. The maximum atomic E-state index is 6.36. The van der Waals surface area contributed by atoms with Crippen molar-refractivity contribution in [1.29, 1.82) is 0 Å². The standard InChI is InChI=1S/C23H23Cl2N3O2/c1-12(2)22-19(27-23(29-22)15-6-5-14(24)10-17(15)25)8-7-18-16-9-13(3)20(26-4)11-21(16)30-28-18/h5-6,9-12,26H,7-8H2,1-4H3. The van der Waals surface area contributed by atoms with Crippen molar-refractivity contribution in [2.75, 3.05) is 12.4 Å². The van der Waals surface area contributed by atoms with Crippen molar-refractivity contribution in [2.45, 2.75) is 39.5 Å². The Morgan fingerprint density at radius 3 is 2.53 bits per heavy atom. The van der Waals surface area contributed by atoms with Gasteiger partial charge in [0.1, 0.15) is 5.76 Å². The largest absolute Gasteiger partial charge is 0.441 e. The second kappa shape index (κ2) is 8.32. The van der Waals surface area contributed by atoms with Gasteiger partial charge in [0.2, 0.25) is 5.89 Å². The molecule has 0 unspecified atom stereocenters. The molecule has 2 aromatic heterocycles. The molecule has 0 amide bonds. The Morgan fingerprint density at radius 2 is 1.83 bits per heavy atom. The fraction of sp³-hybridized carbons (Fsp3) is 0.304. The summed E-state index contributed by atoms with van der Waals surface area (Å²) in [5.41, 5.74) is 5.52. The molecule has 0 aliphatic carbocycles. The van der Waals surface area contributed by atoms with Gasteiger partial charge >= 0.3 is 0 Å². The Balaban J connectivity index is 1.64. The van der Waals surface area contributed by atoms with Crippen LogP contribution in [0.3, 0.4) is 0 Å². The third kappa shape index (κ3) is 3.92. The molecule has 4 aromatic rings. The lowest BCUT2D eigenvalue weighted by atomic mass is 10.0. The first kappa shape index (κ1) is 20.8. The Bertz CT molecular complexity index is 1210. The number of anilines is 1. The van der Waals surface area contributed by atoms with E-state index in [0.29, 0.717) is 28.8 Å². The molecule has 156 valence electrons. The summed E-state index contributed by atoms with van der Waals surface area (Å²) in [4.78, 5) is 4.75. The van der Waals surface area contributed by atoms with Crippen LogP contribution in [0.15, 0.2) is 39.3 Å². The highest BCUT2D eigenvalue weighted by Crippen LogP contribution is 2.34. The number of hydrogen-bond donors (Lipinski definition) is 1. The fourth-order valence-electron chi connectivity index (χ4n) is 3.60. The number of aryl methyl sites for hydroxylation is 3. The maximum Gasteiger partial charge on any atom is 0.228 e. The van der Waals surface area contributed by atoms with Gasteiger partial charge in [0.15, 0.2) is 5.58 Å². The SMILES string of the molecule is CNc1cc2onc(CCc3nc(-c4ccc(Cl)cc4Cl)oc3C(C)C)c2cc1C. The van der Waals surface area contributed by atoms with Crippen LogP contribution < -0.4 is 5.32 Å². The van der Waals surface area contributed by atoms with Crippen molar-refractivity contribution in [1.82, 2.24) is 10.1 Å². The zero-order valence-electron chi connectivity index (χ0n) is 17.3. The van der Waals surface area contributed by atoms with Gasteiger partial charge in [-0.25, -0.2) is 4.98 Å². The lowest BCUT2D eigenvalue weighted by Gasteiger charge is -2.05. The van der Waals surface area contributed by atoms with Crippen molar-refractivity contribution in [3.05, 3.63) is 63.1 Å². The normalized spacial score (nSPS) is 11.6. The van der Waals surface area contributed by atoms with Gasteiger partial charge in [0.25, 0.3) is 0 Å². The maximum absolute atomic E-state index is 6.36. The molecule has 30 heavy (non-hydrogen) atoms. The number of benzene rings is 2. The first-order valence-corrected chi connectivity index (χ1v) is 10.6. The number of halogens is 2. The van der Waals surface area contributed by atoms with Crippen LogP contribution in [0.1, 0.15) is 42.5 Å².